The van der Waals surface area contributed by atoms with Crippen LogP contribution < -0.4 is 0 Å². The van der Waals surface area contributed by atoms with E-state index in [0.29, 0.717) is 0 Å². The van der Waals surface area contributed by atoms with Gasteiger partial charge < -0.3 is 0 Å². The molecule has 0 unspecified atom stereocenters. The van der Waals surface area contributed by atoms with Gasteiger partial charge in [-0.2, -0.15) is 0 Å². The monoisotopic (exact) mass is 235 g/mol. The quantitative estimate of drug-likeness (QED) is 0.665. The van der Waals surface area contributed by atoms with Crippen molar-refractivity contribution in [1.82, 2.24) is 0 Å². The van der Waals surface area contributed by atoms with Crippen LogP contribution in [0.4, 0.5) is 0 Å². The molecule has 0 spiro atoms. The topological polar surface area (TPSA) is 9.23 Å². The van der Waals surface area contributed by atoms with Gasteiger partial charge in [-0.3, -0.25) is 0 Å². The first-order chi connectivity index (χ1) is 4.43. The van der Waals surface area contributed by atoms with E-state index in [1.165, 1.54) is 28.1 Å². The van der Waals surface area contributed by atoms with Gasteiger partial charge in [0.05, 0.1) is 0 Å². The SMILES string of the molecule is CC[CH2][Sn]1[CH2]CCC[O]1. The molecule has 53 valence electrons. The molecule has 1 nitrogen and oxygen atoms in total. The standard InChI is InChI=1S/C4H8O.C3H7.Sn/c1-2-3-4-5;1-3-2;/h1-4H2;1,3H2,2H3;/q-1;;+1. The van der Waals surface area contributed by atoms with Gasteiger partial charge >= 0.3 is 64.9 Å². The predicted octanol–water partition coefficient (Wildman–Crippen LogP) is 2.20. The van der Waals surface area contributed by atoms with Gasteiger partial charge in [-0.25, -0.2) is 0 Å². The summed E-state index contributed by atoms with van der Waals surface area (Å²) in [5, 5.41) is 0. The second-order valence-corrected chi connectivity index (χ2v) is 9.35. The minimum absolute atomic E-state index is 1.09. The van der Waals surface area contributed by atoms with Gasteiger partial charge in [0, 0.05) is 0 Å². The van der Waals surface area contributed by atoms with Crippen LogP contribution in [0.1, 0.15) is 26.2 Å². The molecule has 2 heteroatoms. The zero-order valence-electron chi connectivity index (χ0n) is 6.15. The van der Waals surface area contributed by atoms with Gasteiger partial charge in [-0.05, 0) is 0 Å². The van der Waals surface area contributed by atoms with Crippen LogP contribution in [0.15, 0.2) is 0 Å². The molecule has 9 heavy (non-hydrogen) atoms. The van der Waals surface area contributed by atoms with Gasteiger partial charge in [0.25, 0.3) is 0 Å². The first-order valence-electron chi connectivity index (χ1n) is 3.91. The third-order valence-electron chi connectivity index (χ3n) is 1.68. The van der Waals surface area contributed by atoms with E-state index < -0.39 is 20.2 Å². The molecule has 1 heterocycles. The fourth-order valence-electron chi connectivity index (χ4n) is 1.19. The van der Waals surface area contributed by atoms with Crippen LogP contribution >= 0.6 is 0 Å². The molecule has 1 aliphatic rings. The maximum absolute atomic E-state index is 5.72. The van der Waals surface area contributed by atoms with Crippen LogP contribution in [0.2, 0.25) is 8.87 Å². The second kappa shape index (κ2) is 4.56. The Morgan fingerprint density at radius 3 is 2.89 bits per heavy atom. The van der Waals surface area contributed by atoms with E-state index in [2.05, 4.69) is 6.92 Å². The van der Waals surface area contributed by atoms with Crippen LogP contribution in [0.25, 0.3) is 0 Å². The summed E-state index contributed by atoms with van der Waals surface area (Å²) in [4.78, 5) is 0. The first-order valence-corrected chi connectivity index (χ1v) is 9.11. The second-order valence-electron chi connectivity index (χ2n) is 2.59. The van der Waals surface area contributed by atoms with E-state index in [1.54, 1.807) is 0 Å². The molecule has 0 amide bonds. The molecular weight excluding hydrogens is 219 g/mol. The zero-order chi connectivity index (χ0) is 6.53. The summed E-state index contributed by atoms with van der Waals surface area (Å²) in [7, 11) is 0. The Morgan fingerprint density at radius 2 is 2.33 bits per heavy atom. The van der Waals surface area contributed by atoms with E-state index in [1.807, 2.05) is 0 Å². The summed E-state index contributed by atoms with van der Waals surface area (Å²) < 4.78 is 8.67. The average Bonchev–Trinajstić information content (AvgIpc) is 1.91. The van der Waals surface area contributed by atoms with Gasteiger partial charge in [-0.1, -0.05) is 0 Å². The number of hydrogen-bond acceptors (Lipinski definition) is 1. The molecule has 1 rings (SSSR count). The summed E-state index contributed by atoms with van der Waals surface area (Å²) in [6, 6.07) is 0. The maximum atomic E-state index is 5.72. The first kappa shape index (κ1) is 7.86. The van der Waals surface area contributed by atoms with Gasteiger partial charge in [-0.15, -0.1) is 0 Å². The normalized spacial score (nSPS) is 22.3. The van der Waals surface area contributed by atoms with Crippen molar-refractivity contribution in [1.29, 1.82) is 0 Å². The molecular formula is C7H15OSn. The zero-order valence-corrected chi connectivity index (χ0v) is 9.00. The van der Waals surface area contributed by atoms with Gasteiger partial charge in [0.2, 0.25) is 0 Å². The van der Waals surface area contributed by atoms with E-state index in [0.717, 1.165) is 6.61 Å². The van der Waals surface area contributed by atoms with Gasteiger partial charge in [0.1, 0.15) is 0 Å². The Bertz CT molecular complexity index is 66.6. The van der Waals surface area contributed by atoms with Gasteiger partial charge in [0.15, 0.2) is 0 Å². The molecule has 1 saturated heterocycles. The Morgan fingerprint density at radius 1 is 1.44 bits per heavy atom. The summed E-state index contributed by atoms with van der Waals surface area (Å²) in [6.07, 6.45) is 4.15. The van der Waals surface area contributed by atoms with E-state index in [-0.39, 0.29) is 0 Å². The molecule has 0 atom stereocenters. The van der Waals surface area contributed by atoms with Crippen molar-refractivity contribution >= 4 is 20.2 Å². The molecule has 0 aromatic rings. The van der Waals surface area contributed by atoms with Crippen molar-refractivity contribution in [2.75, 3.05) is 6.61 Å². The average molecular weight is 234 g/mol. The van der Waals surface area contributed by atoms with E-state index in [9.17, 15) is 0 Å². The fourth-order valence-corrected chi connectivity index (χ4v) is 7.39. The van der Waals surface area contributed by atoms with Crippen molar-refractivity contribution in [3.05, 3.63) is 0 Å². The van der Waals surface area contributed by atoms with Crippen LogP contribution in [0, 0.1) is 0 Å². The Kier molecular flexibility index (Phi) is 3.98. The molecule has 0 aromatic heterocycles. The van der Waals surface area contributed by atoms with Crippen LogP contribution in [-0.2, 0) is 3.07 Å². The molecule has 1 fully saturated rings. The Balaban J connectivity index is 2.08. The summed E-state index contributed by atoms with van der Waals surface area (Å²) >= 11 is -1.14. The minimum atomic E-state index is -1.14. The van der Waals surface area contributed by atoms with Crippen LogP contribution in [0.3, 0.4) is 0 Å². The predicted molar refractivity (Wildman–Crippen MR) is 40.8 cm³/mol. The summed E-state index contributed by atoms with van der Waals surface area (Å²) in [6.45, 7) is 3.36. The molecule has 1 aliphatic heterocycles. The molecule has 0 bridgehead atoms. The molecule has 0 N–H and O–H groups in total. The molecule has 0 aliphatic carbocycles. The summed E-state index contributed by atoms with van der Waals surface area (Å²) in [5.41, 5.74) is 0. The summed E-state index contributed by atoms with van der Waals surface area (Å²) in [5.74, 6) is 0. The molecule has 0 aromatic carbocycles. The van der Waals surface area contributed by atoms with Crippen LogP contribution in [-0.4, -0.2) is 26.8 Å². The van der Waals surface area contributed by atoms with Crippen molar-refractivity contribution in [2.45, 2.75) is 35.1 Å². The van der Waals surface area contributed by atoms with E-state index >= 15 is 0 Å². The van der Waals surface area contributed by atoms with Crippen molar-refractivity contribution in [2.24, 2.45) is 0 Å². The third-order valence-corrected chi connectivity index (χ3v) is 9.05. The van der Waals surface area contributed by atoms with Crippen molar-refractivity contribution < 1.29 is 3.07 Å². The Hall–Kier alpha value is 0.759. The number of hydrogen-bond donors (Lipinski definition) is 0. The van der Waals surface area contributed by atoms with E-state index in [4.69, 9.17) is 3.07 Å². The molecule has 0 saturated carbocycles. The fraction of sp³-hybridized carbons (Fsp3) is 1.00. The Labute approximate surface area is 65.1 Å². The van der Waals surface area contributed by atoms with Crippen molar-refractivity contribution in [3.63, 3.8) is 0 Å². The number of rotatable bonds is 2. The third kappa shape index (κ3) is 2.89. The van der Waals surface area contributed by atoms with Crippen LogP contribution in [0.5, 0.6) is 0 Å². The van der Waals surface area contributed by atoms with Crippen molar-refractivity contribution in [3.8, 4) is 0 Å². The molecule has 1 radical (unpaired) electrons.